The van der Waals surface area contributed by atoms with Gasteiger partial charge in [0.05, 0.1) is 17.6 Å². The number of rotatable bonds is 6. The summed E-state index contributed by atoms with van der Waals surface area (Å²) in [7, 11) is 1.69. The SMILES string of the molecule is CNc1cnc2c(cc(C(=O)NCc3ccc(C)cc3)c(=O)n2CC(=O)OC(C)(C)C)c1N. The van der Waals surface area contributed by atoms with E-state index in [0.717, 1.165) is 15.7 Å². The van der Waals surface area contributed by atoms with Crippen LogP contribution in [0.15, 0.2) is 41.3 Å². The predicted molar refractivity (Wildman–Crippen MR) is 128 cm³/mol. The zero-order valence-corrected chi connectivity index (χ0v) is 19.5. The minimum Gasteiger partial charge on any atom is -0.459 e. The van der Waals surface area contributed by atoms with Crippen LogP contribution in [0, 0.1) is 6.92 Å². The Kier molecular flexibility index (Phi) is 6.71. The molecule has 9 heteroatoms. The molecule has 0 fully saturated rings. The summed E-state index contributed by atoms with van der Waals surface area (Å²) in [6.45, 7) is 7.01. The number of nitrogens with one attached hydrogen (secondary N) is 2. The predicted octanol–water partition coefficient (Wildman–Crippen LogP) is 2.60. The van der Waals surface area contributed by atoms with Gasteiger partial charge in [-0.25, -0.2) is 4.98 Å². The second kappa shape index (κ2) is 9.32. The van der Waals surface area contributed by atoms with Gasteiger partial charge < -0.3 is 21.1 Å². The topological polar surface area (TPSA) is 128 Å². The van der Waals surface area contributed by atoms with Gasteiger partial charge in [0.1, 0.15) is 23.4 Å². The van der Waals surface area contributed by atoms with Crippen LogP contribution in [0.25, 0.3) is 11.0 Å². The minimum atomic E-state index is -0.731. The van der Waals surface area contributed by atoms with Crippen LogP contribution in [0.3, 0.4) is 0 Å². The number of esters is 1. The summed E-state index contributed by atoms with van der Waals surface area (Å²) in [6, 6.07) is 9.10. The van der Waals surface area contributed by atoms with Gasteiger partial charge >= 0.3 is 5.97 Å². The van der Waals surface area contributed by atoms with E-state index in [0.29, 0.717) is 16.8 Å². The fraction of sp³-hybridized carbons (Fsp3) is 0.333. The van der Waals surface area contributed by atoms with Gasteiger partial charge in [-0.05, 0) is 39.3 Å². The zero-order chi connectivity index (χ0) is 24.3. The molecule has 0 atom stereocenters. The number of nitrogen functional groups attached to an aromatic ring is 1. The van der Waals surface area contributed by atoms with Crippen LogP contribution in [-0.4, -0.2) is 34.1 Å². The molecule has 0 aliphatic carbocycles. The maximum Gasteiger partial charge on any atom is 0.326 e. The molecule has 33 heavy (non-hydrogen) atoms. The van der Waals surface area contributed by atoms with Gasteiger partial charge in [0, 0.05) is 19.0 Å². The summed E-state index contributed by atoms with van der Waals surface area (Å²) in [5.41, 5.74) is 7.78. The average molecular weight is 452 g/mol. The van der Waals surface area contributed by atoms with Gasteiger partial charge in [-0.1, -0.05) is 29.8 Å². The molecule has 174 valence electrons. The molecule has 2 heterocycles. The average Bonchev–Trinajstić information content (AvgIpc) is 2.74. The molecule has 0 unspecified atom stereocenters. The molecule has 3 rings (SSSR count). The van der Waals surface area contributed by atoms with Crippen LogP contribution in [0.5, 0.6) is 0 Å². The number of hydrogen-bond acceptors (Lipinski definition) is 7. The number of amides is 1. The van der Waals surface area contributed by atoms with Crippen LogP contribution < -0.4 is 21.9 Å². The molecular formula is C24H29N5O4. The van der Waals surface area contributed by atoms with E-state index < -0.39 is 29.6 Å². The number of aryl methyl sites for hydroxylation is 1. The fourth-order valence-corrected chi connectivity index (χ4v) is 3.33. The van der Waals surface area contributed by atoms with Crippen molar-refractivity contribution in [1.82, 2.24) is 14.9 Å². The van der Waals surface area contributed by atoms with Gasteiger partial charge in [0.2, 0.25) is 0 Å². The monoisotopic (exact) mass is 451 g/mol. The van der Waals surface area contributed by atoms with Crippen LogP contribution in [0.2, 0.25) is 0 Å². The largest absolute Gasteiger partial charge is 0.459 e. The molecule has 0 saturated heterocycles. The first kappa shape index (κ1) is 23.8. The molecule has 0 bridgehead atoms. The molecule has 0 spiro atoms. The highest BCUT2D eigenvalue weighted by molar-refractivity contribution is 6.01. The van der Waals surface area contributed by atoms with Crippen LogP contribution in [0.1, 0.15) is 42.3 Å². The molecule has 0 aliphatic rings. The molecule has 0 aliphatic heterocycles. The molecule has 3 aromatic rings. The molecular weight excluding hydrogens is 422 g/mol. The number of fused-ring (bicyclic) bond motifs is 1. The van der Waals surface area contributed by atoms with Gasteiger partial charge in [-0.15, -0.1) is 0 Å². The molecule has 0 saturated carbocycles. The van der Waals surface area contributed by atoms with Crippen molar-refractivity contribution in [3.05, 3.63) is 63.6 Å². The molecule has 9 nitrogen and oxygen atoms in total. The Morgan fingerprint density at radius 3 is 2.45 bits per heavy atom. The van der Waals surface area contributed by atoms with Crippen molar-refractivity contribution >= 4 is 34.3 Å². The maximum atomic E-state index is 13.2. The molecule has 2 aromatic heterocycles. The Morgan fingerprint density at radius 2 is 1.85 bits per heavy atom. The zero-order valence-electron chi connectivity index (χ0n) is 19.5. The fourth-order valence-electron chi connectivity index (χ4n) is 3.33. The standard InChI is InChI=1S/C24H29N5O4/c1-14-6-8-15(9-7-14)11-28-22(31)17-10-16-20(25)18(26-5)12-27-21(16)29(23(17)32)13-19(30)33-24(2,3)4/h6-10,12,26H,11,13H2,1-5H3,(H2,25,27)(H,28,31). The lowest BCUT2D eigenvalue weighted by molar-refractivity contribution is -0.155. The van der Waals surface area contributed by atoms with Crippen LogP contribution >= 0.6 is 0 Å². The van der Waals surface area contributed by atoms with Crippen molar-refractivity contribution in [3.63, 3.8) is 0 Å². The maximum absolute atomic E-state index is 13.2. The number of nitrogens with zero attached hydrogens (tertiary/aromatic N) is 2. The van der Waals surface area contributed by atoms with E-state index >= 15 is 0 Å². The number of anilines is 2. The first-order chi connectivity index (χ1) is 15.5. The first-order valence-corrected chi connectivity index (χ1v) is 10.6. The van der Waals surface area contributed by atoms with Crippen molar-refractivity contribution in [2.45, 2.75) is 46.4 Å². The summed E-state index contributed by atoms with van der Waals surface area (Å²) in [6.07, 6.45) is 1.47. The van der Waals surface area contributed by atoms with E-state index in [1.54, 1.807) is 27.8 Å². The number of benzene rings is 1. The number of aromatic nitrogens is 2. The summed E-state index contributed by atoms with van der Waals surface area (Å²) in [5, 5.41) is 6.07. The highest BCUT2D eigenvalue weighted by Crippen LogP contribution is 2.26. The van der Waals surface area contributed by atoms with Crippen molar-refractivity contribution in [3.8, 4) is 0 Å². The lowest BCUT2D eigenvalue weighted by Gasteiger charge is -2.20. The number of hydrogen-bond donors (Lipinski definition) is 3. The van der Waals surface area contributed by atoms with Crippen molar-refractivity contribution in [2.75, 3.05) is 18.1 Å². The van der Waals surface area contributed by atoms with E-state index in [1.807, 2.05) is 31.2 Å². The lowest BCUT2D eigenvalue weighted by Crippen LogP contribution is -2.36. The van der Waals surface area contributed by atoms with Crippen molar-refractivity contribution < 1.29 is 14.3 Å². The van der Waals surface area contributed by atoms with Gasteiger partial charge in [-0.3, -0.25) is 19.0 Å². The Bertz CT molecular complexity index is 1260. The molecule has 0 radical (unpaired) electrons. The summed E-state index contributed by atoms with van der Waals surface area (Å²) in [5.74, 6) is -1.20. The van der Waals surface area contributed by atoms with Gasteiger partial charge in [0.15, 0.2) is 0 Å². The van der Waals surface area contributed by atoms with E-state index in [1.165, 1.54) is 12.3 Å². The second-order valence-electron chi connectivity index (χ2n) is 8.78. The first-order valence-electron chi connectivity index (χ1n) is 10.6. The van der Waals surface area contributed by atoms with Crippen LogP contribution in [0.4, 0.5) is 11.4 Å². The van der Waals surface area contributed by atoms with E-state index in [2.05, 4.69) is 15.6 Å². The molecule has 1 aromatic carbocycles. The van der Waals surface area contributed by atoms with E-state index in [-0.39, 0.29) is 17.8 Å². The number of carbonyl (C=O) groups excluding carboxylic acids is 2. The Hall–Kier alpha value is -3.88. The third kappa shape index (κ3) is 5.49. The Balaban J connectivity index is 2.04. The van der Waals surface area contributed by atoms with E-state index in [4.69, 9.17) is 10.5 Å². The third-order valence-electron chi connectivity index (χ3n) is 4.95. The third-order valence-corrected chi connectivity index (χ3v) is 4.95. The number of ether oxygens (including phenoxy) is 1. The normalized spacial score (nSPS) is 11.3. The quantitative estimate of drug-likeness (QED) is 0.491. The second-order valence-corrected chi connectivity index (χ2v) is 8.78. The van der Waals surface area contributed by atoms with Gasteiger partial charge in [-0.2, -0.15) is 0 Å². The van der Waals surface area contributed by atoms with Crippen molar-refractivity contribution in [1.29, 1.82) is 0 Å². The van der Waals surface area contributed by atoms with Crippen LogP contribution in [-0.2, 0) is 22.6 Å². The Morgan fingerprint density at radius 1 is 1.18 bits per heavy atom. The Labute approximate surface area is 192 Å². The van der Waals surface area contributed by atoms with Gasteiger partial charge in [0.25, 0.3) is 11.5 Å². The minimum absolute atomic E-state index is 0.139. The molecule has 1 amide bonds. The smallest absolute Gasteiger partial charge is 0.326 e. The lowest BCUT2D eigenvalue weighted by atomic mass is 10.1. The number of pyridine rings is 2. The summed E-state index contributed by atoms with van der Waals surface area (Å²) in [4.78, 5) is 43.0. The summed E-state index contributed by atoms with van der Waals surface area (Å²) >= 11 is 0. The highest BCUT2D eigenvalue weighted by Gasteiger charge is 2.22. The number of carbonyl (C=O) groups is 2. The van der Waals surface area contributed by atoms with Crippen molar-refractivity contribution in [2.24, 2.45) is 0 Å². The van der Waals surface area contributed by atoms with E-state index in [9.17, 15) is 14.4 Å². The number of nitrogens with two attached hydrogens (primary N) is 1. The summed E-state index contributed by atoms with van der Waals surface area (Å²) < 4.78 is 6.49. The molecule has 4 N–H and O–H groups in total. The highest BCUT2D eigenvalue weighted by atomic mass is 16.6.